The van der Waals surface area contributed by atoms with Gasteiger partial charge in [0.25, 0.3) is 5.79 Å². The number of thiazole rings is 1. The molecule has 0 radical (unpaired) electrons. The Balaban J connectivity index is 1.12. The maximum Gasteiger partial charge on any atom is 0.335 e. The second-order valence-electron chi connectivity index (χ2n) is 11.4. The Morgan fingerprint density at radius 3 is 2.71 bits per heavy atom. The number of hydrogen-bond acceptors (Lipinski definition) is 9. The van der Waals surface area contributed by atoms with E-state index in [0.717, 1.165) is 59.2 Å². The molecule has 0 amide bonds. The molecule has 5 aromatic rings. The van der Waals surface area contributed by atoms with Crippen LogP contribution in [0.15, 0.2) is 60.4 Å². The van der Waals surface area contributed by atoms with Crippen molar-refractivity contribution in [1.29, 1.82) is 0 Å². The number of fused-ring (bicyclic) bond motifs is 2. The highest BCUT2D eigenvalue weighted by atomic mass is 35.5. The van der Waals surface area contributed by atoms with Gasteiger partial charge in [0.1, 0.15) is 22.8 Å². The summed E-state index contributed by atoms with van der Waals surface area (Å²) in [5.74, 6) is 1.12. The smallest absolute Gasteiger partial charge is 0.335 e. The number of halogens is 1. The molecule has 2 aliphatic heterocycles. The average molecular weight is 646 g/mol. The summed E-state index contributed by atoms with van der Waals surface area (Å²) in [5, 5.41) is 10.4. The van der Waals surface area contributed by atoms with E-state index in [1.165, 1.54) is 0 Å². The normalized spacial score (nSPS) is 18.5. The summed E-state index contributed by atoms with van der Waals surface area (Å²) >= 11 is 7.62. The highest BCUT2D eigenvalue weighted by Crippen LogP contribution is 2.49. The van der Waals surface area contributed by atoms with Crippen molar-refractivity contribution in [1.82, 2.24) is 24.4 Å². The van der Waals surface area contributed by atoms with Crippen LogP contribution in [0, 0.1) is 0 Å². The predicted molar refractivity (Wildman–Crippen MR) is 171 cm³/mol. The quantitative estimate of drug-likeness (QED) is 0.187. The van der Waals surface area contributed by atoms with Gasteiger partial charge in [-0.3, -0.25) is 14.9 Å². The molecule has 0 unspecified atom stereocenters. The molecule has 45 heavy (non-hydrogen) atoms. The topological polar surface area (TPSA) is 112 Å². The molecule has 2 aliphatic rings. The third-order valence-corrected chi connectivity index (χ3v) is 9.43. The minimum absolute atomic E-state index is 0.174. The van der Waals surface area contributed by atoms with E-state index in [1.807, 2.05) is 38.2 Å². The lowest BCUT2D eigenvalue weighted by molar-refractivity contribution is -0.0722. The van der Waals surface area contributed by atoms with E-state index < -0.39 is 11.8 Å². The molecule has 7 rings (SSSR count). The number of aromatic carboxylic acids is 1. The fraction of sp³-hybridized carbons (Fsp3) is 0.333. The van der Waals surface area contributed by atoms with Crippen molar-refractivity contribution >= 4 is 39.9 Å². The monoisotopic (exact) mass is 645 g/mol. The number of para-hydroxylation sites is 1. The summed E-state index contributed by atoms with van der Waals surface area (Å²) < 4.78 is 20.7. The van der Waals surface area contributed by atoms with Gasteiger partial charge in [0, 0.05) is 29.8 Å². The number of hydrogen-bond donors (Lipinski definition) is 1. The first-order chi connectivity index (χ1) is 21.8. The second-order valence-corrected chi connectivity index (χ2v) is 12.8. The van der Waals surface area contributed by atoms with Crippen molar-refractivity contribution in [3.05, 3.63) is 92.9 Å². The zero-order chi connectivity index (χ0) is 31.1. The first-order valence-corrected chi connectivity index (χ1v) is 16.2. The lowest BCUT2D eigenvalue weighted by atomic mass is 9.88. The summed E-state index contributed by atoms with van der Waals surface area (Å²) in [6.07, 6.45) is 5.33. The highest BCUT2D eigenvalue weighted by molar-refractivity contribution is 7.09. The van der Waals surface area contributed by atoms with Crippen LogP contribution >= 0.6 is 22.9 Å². The van der Waals surface area contributed by atoms with Gasteiger partial charge in [-0.25, -0.2) is 9.78 Å². The number of imidazole rings is 1. The number of benzene rings is 2. The molecule has 1 atom stereocenters. The van der Waals surface area contributed by atoms with Crippen LogP contribution in [0.2, 0.25) is 5.02 Å². The maximum absolute atomic E-state index is 12.0. The highest BCUT2D eigenvalue weighted by Gasteiger charge is 2.42. The van der Waals surface area contributed by atoms with Crippen LogP contribution in [-0.4, -0.2) is 55.2 Å². The molecule has 3 aromatic heterocycles. The van der Waals surface area contributed by atoms with Gasteiger partial charge >= 0.3 is 5.97 Å². The van der Waals surface area contributed by atoms with Gasteiger partial charge in [-0.15, -0.1) is 11.3 Å². The van der Waals surface area contributed by atoms with Gasteiger partial charge in [-0.2, -0.15) is 0 Å². The Hall–Kier alpha value is -4.19. The first kappa shape index (κ1) is 29.5. The molecule has 10 nitrogen and oxygen atoms in total. The standard InChI is InChI=1S/C33H32ClN5O5S/c1-3-42-27-14-21(32(40)41)13-25-30(27)37-29(39(25)17-23-16-35-19-45-23)18-38-11-9-20(10-12-38)24-5-4-6-26-31(24)44-33(2,43-26)28-8-7-22(34)15-36-28/h4-8,13-16,19-20H,3,9-12,17-18H2,1-2H3,(H,40,41)/t33-/m0/s1. The number of carbonyl (C=O) groups is 1. The van der Waals surface area contributed by atoms with Crippen LogP contribution in [0.1, 0.15) is 64.9 Å². The Bertz CT molecular complexity index is 1850. The van der Waals surface area contributed by atoms with Crippen molar-refractivity contribution in [2.45, 2.75) is 51.5 Å². The van der Waals surface area contributed by atoms with Gasteiger partial charge in [0.05, 0.1) is 41.3 Å². The molecule has 2 aromatic carbocycles. The summed E-state index contributed by atoms with van der Waals surface area (Å²) in [5.41, 5.74) is 5.20. The predicted octanol–water partition coefficient (Wildman–Crippen LogP) is 6.71. The fourth-order valence-electron chi connectivity index (χ4n) is 6.22. The second kappa shape index (κ2) is 12.0. The van der Waals surface area contributed by atoms with Crippen LogP contribution in [0.5, 0.6) is 17.2 Å². The molecule has 0 saturated carbocycles. The van der Waals surface area contributed by atoms with Gasteiger partial charge in [-0.1, -0.05) is 23.7 Å². The first-order valence-electron chi connectivity index (χ1n) is 14.9. The molecular weight excluding hydrogens is 614 g/mol. The van der Waals surface area contributed by atoms with Crippen LogP contribution < -0.4 is 14.2 Å². The van der Waals surface area contributed by atoms with E-state index in [0.29, 0.717) is 47.6 Å². The number of carboxylic acids is 1. The van der Waals surface area contributed by atoms with Crippen LogP contribution in [0.4, 0.5) is 0 Å². The molecule has 0 aliphatic carbocycles. The Labute approximate surface area is 269 Å². The molecule has 0 bridgehead atoms. The zero-order valence-corrected chi connectivity index (χ0v) is 26.5. The van der Waals surface area contributed by atoms with Gasteiger partial charge < -0.3 is 23.9 Å². The van der Waals surface area contributed by atoms with E-state index in [4.69, 9.17) is 30.8 Å². The van der Waals surface area contributed by atoms with E-state index in [9.17, 15) is 9.90 Å². The van der Waals surface area contributed by atoms with Gasteiger partial charge in [-0.05, 0) is 69.1 Å². The largest absolute Gasteiger partial charge is 0.492 e. The maximum atomic E-state index is 12.0. The van der Waals surface area contributed by atoms with Crippen LogP contribution in [0.25, 0.3) is 11.0 Å². The van der Waals surface area contributed by atoms with Crippen molar-refractivity contribution in [3.63, 3.8) is 0 Å². The number of piperidine rings is 1. The van der Waals surface area contributed by atoms with Crippen molar-refractivity contribution in [2.75, 3.05) is 19.7 Å². The van der Waals surface area contributed by atoms with E-state index in [1.54, 1.807) is 41.2 Å². The van der Waals surface area contributed by atoms with E-state index in [2.05, 4.69) is 25.5 Å². The summed E-state index contributed by atoms with van der Waals surface area (Å²) in [4.78, 5) is 29.1. The molecule has 1 fully saturated rings. The third-order valence-electron chi connectivity index (χ3n) is 8.44. The van der Waals surface area contributed by atoms with Crippen molar-refractivity contribution in [3.8, 4) is 17.2 Å². The number of pyridine rings is 1. The van der Waals surface area contributed by atoms with Gasteiger partial charge in [0.2, 0.25) is 0 Å². The van der Waals surface area contributed by atoms with Crippen LogP contribution in [-0.2, 0) is 18.9 Å². The fourth-order valence-corrected chi connectivity index (χ4v) is 6.92. The minimum Gasteiger partial charge on any atom is -0.492 e. The molecular formula is C33H32ClN5O5S. The Morgan fingerprint density at radius 1 is 1.16 bits per heavy atom. The lowest BCUT2D eigenvalue weighted by Gasteiger charge is -2.32. The number of aromatic nitrogens is 4. The SMILES string of the molecule is CCOc1cc(C(=O)O)cc2c1nc(CN1CCC(c3cccc4c3O[C@@](C)(c3ccc(Cl)cn3)O4)CC1)n2Cc1cncs1. The summed E-state index contributed by atoms with van der Waals surface area (Å²) in [6, 6.07) is 13.0. The Morgan fingerprint density at radius 2 is 2.00 bits per heavy atom. The molecule has 5 heterocycles. The molecule has 1 N–H and O–H groups in total. The molecule has 1 saturated heterocycles. The van der Waals surface area contributed by atoms with Crippen molar-refractivity contribution < 1.29 is 24.1 Å². The lowest BCUT2D eigenvalue weighted by Crippen LogP contribution is -2.34. The Kier molecular flexibility index (Phi) is 7.84. The number of rotatable bonds is 9. The number of likely N-dealkylation sites (tertiary alicyclic amines) is 1. The number of nitrogens with zero attached hydrogens (tertiary/aromatic N) is 5. The van der Waals surface area contributed by atoms with E-state index >= 15 is 0 Å². The number of carboxylic acid groups (broad SMARTS) is 1. The third kappa shape index (κ3) is 5.71. The molecule has 232 valence electrons. The zero-order valence-electron chi connectivity index (χ0n) is 24.9. The van der Waals surface area contributed by atoms with E-state index in [-0.39, 0.29) is 5.56 Å². The molecule has 12 heteroatoms. The van der Waals surface area contributed by atoms with Gasteiger partial charge in [0.15, 0.2) is 11.5 Å². The average Bonchev–Trinajstić information content (AvgIpc) is 3.76. The van der Waals surface area contributed by atoms with Crippen molar-refractivity contribution in [2.24, 2.45) is 0 Å². The summed E-state index contributed by atoms with van der Waals surface area (Å²) in [6.45, 7) is 7.09. The molecule has 0 spiro atoms. The number of ether oxygens (including phenoxy) is 3. The summed E-state index contributed by atoms with van der Waals surface area (Å²) in [7, 11) is 0. The van der Waals surface area contributed by atoms with Crippen LogP contribution in [0.3, 0.4) is 0 Å². The minimum atomic E-state index is -1.03.